The first-order valence-corrected chi connectivity index (χ1v) is 8.14. The van der Waals surface area contributed by atoms with E-state index in [-0.39, 0.29) is 6.04 Å². The van der Waals surface area contributed by atoms with Gasteiger partial charge in [-0.2, -0.15) is 0 Å². The summed E-state index contributed by atoms with van der Waals surface area (Å²) in [6.45, 7) is 1.89. The molecule has 3 heterocycles. The van der Waals surface area contributed by atoms with Crippen LogP contribution in [0.5, 0.6) is 0 Å². The summed E-state index contributed by atoms with van der Waals surface area (Å²) in [6.07, 6.45) is 2.15. The quantitative estimate of drug-likeness (QED) is 0.890. The first kappa shape index (κ1) is 14.1. The molecule has 114 valence electrons. The molecule has 0 saturated carbocycles. The van der Waals surface area contributed by atoms with Gasteiger partial charge in [0.15, 0.2) is 0 Å². The molecule has 0 radical (unpaired) electrons. The minimum absolute atomic E-state index is 0.103. The third-order valence-electron chi connectivity index (χ3n) is 4.27. The summed E-state index contributed by atoms with van der Waals surface area (Å²) < 4.78 is 6.43. The van der Waals surface area contributed by atoms with E-state index in [1.165, 1.54) is 0 Å². The zero-order valence-corrected chi connectivity index (χ0v) is 13.5. The Labute approximate surface area is 137 Å². The van der Waals surface area contributed by atoms with E-state index in [1.807, 2.05) is 30.5 Å². The van der Waals surface area contributed by atoms with Gasteiger partial charge < -0.3 is 14.7 Å². The van der Waals surface area contributed by atoms with E-state index < -0.39 is 6.10 Å². The van der Waals surface area contributed by atoms with E-state index in [0.717, 1.165) is 34.3 Å². The predicted molar refractivity (Wildman–Crippen MR) is 85.4 cm³/mol. The molecule has 2 aromatic rings. The van der Waals surface area contributed by atoms with Gasteiger partial charge in [0.25, 0.3) is 0 Å². The molecule has 0 unspecified atom stereocenters. The Balaban J connectivity index is 1.69. The number of nitrogens with zero attached hydrogens (tertiary/aromatic N) is 3. The zero-order valence-electron chi connectivity index (χ0n) is 11.9. The van der Waals surface area contributed by atoms with Gasteiger partial charge in [-0.3, -0.25) is 0 Å². The highest BCUT2D eigenvalue weighted by Gasteiger charge is 2.36. The second-order valence-corrected chi connectivity index (χ2v) is 6.60. The standard InChI is InChI=1S/C16H16BrN3O2/c17-12-3-1-10(2-4-12)15-14(21)5-6-20(15)16-18-7-11-8-22-9-13(11)19-16/h1-4,7,14-15,21H,5-6,8-9H2/t14-,15-/m1/s1. The molecule has 6 heteroatoms. The second-order valence-electron chi connectivity index (χ2n) is 5.68. The molecule has 0 amide bonds. The Morgan fingerprint density at radius 2 is 2.05 bits per heavy atom. The lowest BCUT2D eigenvalue weighted by atomic mass is 10.0. The molecule has 22 heavy (non-hydrogen) atoms. The fourth-order valence-electron chi connectivity index (χ4n) is 3.14. The lowest BCUT2D eigenvalue weighted by Crippen LogP contribution is -2.29. The first-order chi connectivity index (χ1) is 10.7. The summed E-state index contributed by atoms with van der Waals surface area (Å²) in [4.78, 5) is 11.2. The van der Waals surface area contributed by atoms with Crippen LogP contribution in [-0.2, 0) is 18.0 Å². The molecule has 1 N–H and O–H groups in total. The lowest BCUT2D eigenvalue weighted by Gasteiger charge is -2.27. The van der Waals surface area contributed by atoms with Crippen LogP contribution >= 0.6 is 15.9 Å². The molecule has 5 nitrogen and oxygen atoms in total. The van der Waals surface area contributed by atoms with Crippen molar-refractivity contribution in [1.82, 2.24) is 9.97 Å². The van der Waals surface area contributed by atoms with Crippen molar-refractivity contribution in [3.05, 3.63) is 51.8 Å². The third kappa shape index (κ3) is 2.41. The van der Waals surface area contributed by atoms with E-state index in [0.29, 0.717) is 19.2 Å². The van der Waals surface area contributed by atoms with Gasteiger partial charge in [0, 0.05) is 22.8 Å². The van der Waals surface area contributed by atoms with E-state index in [1.54, 1.807) is 0 Å². The van der Waals surface area contributed by atoms with Gasteiger partial charge in [-0.05, 0) is 24.1 Å². The molecule has 4 rings (SSSR count). The lowest BCUT2D eigenvalue weighted by molar-refractivity contribution is 0.133. The van der Waals surface area contributed by atoms with Gasteiger partial charge >= 0.3 is 0 Å². The minimum Gasteiger partial charge on any atom is -0.391 e. The van der Waals surface area contributed by atoms with Crippen LogP contribution < -0.4 is 4.90 Å². The highest BCUT2D eigenvalue weighted by Crippen LogP contribution is 2.35. The zero-order chi connectivity index (χ0) is 15.1. The van der Waals surface area contributed by atoms with Crippen LogP contribution in [0.2, 0.25) is 0 Å². The van der Waals surface area contributed by atoms with Crippen LogP contribution in [-0.4, -0.2) is 27.7 Å². The summed E-state index contributed by atoms with van der Waals surface area (Å²) in [7, 11) is 0. The summed E-state index contributed by atoms with van der Waals surface area (Å²) in [5.74, 6) is 0.675. The maximum Gasteiger partial charge on any atom is 0.226 e. The summed E-state index contributed by atoms with van der Waals surface area (Å²) >= 11 is 3.45. The highest BCUT2D eigenvalue weighted by molar-refractivity contribution is 9.10. The molecule has 1 aromatic carbocycles. The number of fused-ring (bicyclic) bond motifs is 1. The number of aliphatic hydroxyl groups excluding tert-OH is 1. The number of hydrogen-bond donors (Lipinski definition) is 1. The normalized spacial score (nSPS) is 23.8. The average Bonchev–Trinajstić information content (AvgIpc) is 3.14. The van der Waals surface area contributed by atoms with E-state index in [9.17, 15) is 5.11 Å². The number of rotatable bonds is 2. The molecule has 2 aliphatic heterocycles. The topological polar surface area (TPSA) is 58.5 Å². The van der Waals surface area contributed by atoms with Crippen molar-refractivity contribution in [2.75, 3.05) is 11.4 Å². The SMILES string of the molecule is O[C@@H]1CCN(c2ncc3c(n2)COC3)[C@@H]1c1ccc(Br)cc1. The van der Waals surface area contributed by atoms with Crippen LogP contribution in [0.25, 0.3) is 0 Å². The molecule has 2 atom stereocenters. The summed E-state index contributed by atoms with van der Waals surface area (Å²) in [5.41, 5.74) is 3.10. The van der Waals surface area contributed by atoms with E-state index in [2.05, 4.69) is 30.8 Å². The van der Waals surface area contributed by atoms with Gasteiger partial charge in [-0.15, -0.1) is 0 Å². The maximum absolute atomic E-state index is 10.4. The van der Waals surface area contributed by atoms with Gasteiger partial charge in [-0.1, -0.05) is 28.1 Å². The van der Waals surface area contributed by atoms with Gasteiger partial charge in [0.05, 0.1) is 31.1 Å². The van der Waals surface area contributed by atoms with Crippen molar-refractivity contribution >= 4 is 21.9 Å². The molecular formula is C16H16BrN3O2. The number of aliphatic hydroxyl groups is 1. The van der Waals surface area contributed by atoms with Crippen molar-refractivity contribution in [3.8, 4) is 0 Å². The van der Waals surface area contributed by atoms with Crippen molar-refractivity contribution < 1.29 is 9.84 Å². The Kier molecular flexibility index (Phi) is 3.60. The Hall–Kier alpha value is -1.50. The number of hydrogen-bond acceptors (Lipinski definition) is 5. The van der Waals surface area contributed by atoms with Crippen LogP contribution in [0.1, 0.15) is 29.3 Å². The van der Waals surface area contributed by atoms with E-state index in [4.69, 9.17) is 4.74 Å². The first-order valence-electron chi connectivity index (χ1n) is 7.35. The molecular weight excluding hydrogens is 346 g/mol. The number of ether oxygens (including phenoxy) is 1. The van der Waals surface area contributed by atoms with Crippen molar-refractivity contribution in [1.29, 1.82) is 0 Å². The van der Waals surface area contributed by atoms with Gasteiger partial charge in [0.2, 0.25) is 5.95 Å². The van der Waals surface area contributed by atoms with Gasteiger partial charge in [0.1, 0.15) is 0 Å². The third-order valence-corrected chi connectivity index (χ3v) is 4.80. The molecule has 0 bridgehead atoms. The highest BCUT2D eigenvalue weighted by atomic mass is 79.9. The van der Waals surface area contributed by atoms with E-state index >= 15 is 0 Å². The van der Waals surface area contributed by atoms with Crippen LogP contribution in [0.15, 0.2) is 34.9 Å². The molecule has 1 saturated heterocycles. The summed E-state index contributed by atoms with van der Waals surface area (Å²) in [6, 6.07) is 7.96. The minimum atomic E-state index is -0.408. The smallest absolute Gasteiger partial charge is 0.226 e. The number of benzene rings is 1. The Bertz CT molecular complexity index is 692. The fourth-order valence-corrected chi connectivity index (χ4v) is 3.40. The number of aromatic nitrogens is 2. The van der Waals surface area contributed by atoms with Crippen molar-refractivity contribution in [2.24, 2.45) is 0 Å². The van der Waals surface area contributed by atoms with Crippen molar-refractivity contribution in [2.45, 2.75) is 31.8 Å². The van der Waals surface area contributed by atoms with Crippen LogP contribution in [0, 0.1) is 0 Å². The largest absolute Gasteiger partial charge is 0.391 e. The average molecular weight is 362 g/mol. The Morgan fingerprint density at radius 3 is 2.86 bits per heavy atom. The maximum atomic E-state index is 10.4. The fraction of sp³-hybridized carbons (Fsp3) is 0.375. The van der Waals surface area contributed by atoms with Crippen LogP contribution in [0.3, 0.4) is 0 Å². The Morgan fingerprint density at radius 1 is 1.23 bits per heavy atom. The number of halogens is 1. The van der Waals surface area contributed by atoms with Crippen molar-refractivity contribution in [3.63, 3.8) is 0 Å². The molecule has 0 spiro atoms. The predicted octanol–water partition coefficient (Wildman–Crippen LogP) is 2.58. The molecule has 1 fully saturated rings. The van der Waals surface area contributed by atoms with Gasteiger partial charge in [-0.25, -0.2) is 9.97 Å². The monoisotopic (exact) mass is 361 g/mol. The molecule has 1 aromatic heterocycles. The number of anilines is 1. The van der Waals surface area contributed by atoms with Crippen LogP contribution in [0.4, 0.5) is 5.95 Å². The molecule has 2 aliphatic rings. The second kappa shape index (κ2) is 5.61. The molecule has 0 aliphatic carbocycles. The summed E-state index contributed by atoms with van der Waals surface area (Å²) in [5, 5.41) is 10.4.